The third-order valence-electron chi connectivity index (χ3n) is 2.94. The molecule has 0 saturated carbocycles. The van der Waals surface area contributed by atoms with E-state index >= 15 is 0 Å². The summed E-state index contributed by atoms with van der Waals surface area (Å²) in [5, 5.41) is 11.7. The van der Waals surface area contributed by atoms with E-state index in [0.29, 0.717) is 5.02 Å². The first kappa shape index (κ1) is 19.4. The monoisotopic (exact) mass is 363 g/mol. The first-order valence-electron chi connectivity index (χ1n) is 6.58. The smallest absolute Gasteiger partial charge is 0.305 e. The Morgan fingerprint density at radius 1 is 1.30 bits per heavy atom. The van der Waals surface area contributed by atoms with Crippen LogP contribution in [-0.2, 0) is 24.2 Å². The summed E-state index contributed by atoms with van der Waals surface area (Å²) in [6.45, 7) is 1.41. The van der Waals surface area contributed by atoms with Crippen LogP contribution >= 0.6 is 11.6 Å². The van der Waals surface area contributed by atoms with Crippen LogP contribution in [-0.4, -0.2) is 50.4 Å². The third-order valence-corrected chi connectivity index (χ3v) is 4.82. The quantitative estimate of drug-likeness (QED) is 0.716. The molecule has 9 heteroatoms. The molecule has 0 aliphatic heterocycles. The molecule has 1 aromatic rings. The van der Waals surface area contributed by atoms with Crippen LogP contribution in [0.3, 0.4) is 0 Å². The first-order chi connectivity index (χ1) is 10.6. The summed E-state index contributed by atoms with van der Waals surface area (Å²) < 4.78 is 29.2. The maximum Gasteiger partial charge on any atom is 0.305 e. The molecular formula is C14H18ClNO6S. The van der Waals surface area contributed by atoms with Crippen molar-refractivity contribution in [1.82, 2.24) is 5.32 Å². The Hall–Kier alpha value is -1.64. The van der Waals surface area contributed by atoms with E-state index < -0.39 is 39.4 Å². The van der Waals surface area contributed by atoms with E-state index in [2.05, 4.69) is 5.32 Å². The summed E-state index contributed by atoms with van der Waals surface area (Å²) in [6, 6.07) is 5.42. The highest BCUT2D eigenvalue weighted by Crippen LogP contribution is 2.16. The molecule has 128 valence electrons. The number of ether oxygens (including phenoxy) is 1. The molecule has 0 saturated heterocycles. The number of amides is 1. The highest BCUT2D eigenvalue weighted by atomic mass is 35.5. The number of carbonyl (C=O) groups is 2. The van der Waals surface area contributed by atoms with E-state index in [4.69, 9.17) is 21.4 Å². The van der Waals surface area contributed by atoms with Gasteiger partial charge in [0.05, 0.1) is 23.5 Å². The molecule has 1 atom stereocenters. The SMILES string of the molecule is COCC(C)(CC(=O)O)NC(=O)CS(=O)(=O)c1ccc(Cl)cc1. The number of sulfone groups is 1. The molecule has 23 heavy (non-hydrogen) atoms. The van der Waals surface area contributed by atoms with Crippen molar-refractivity contribution in [3.63, 3.8) is 0 Å². The van der Waals surface area contributed by atoms with E-state index in [1.54, 1.807) is 0 Å². The van der Waals surface area contributed by atoms with E-state index in [0.717, 1.165) is 0 Å². The van der Waals surface area contributed by atoms with Gasteiger partial charge >= 0.3 is 5.97 Å². The molecule has 0 bridgehead atoms. The number of methoxy groups -OCH3 is 1. The Labute approximate surface area is 139 Å². The lowest BCUT2D eigenvalue weighted by Gasteiger charge is -2.28. The minimum absolute atomic E-state index is 0.0382. The van der Waals surface area contributed by atoms with Crippen molar-refractivity contribution < 1.29 is 27.9 Å². The highest BCUT2D eigenvalue weighted by Gasteiger charge is 2.31. The molecule has 0 fully saturated rings. The van der Waals surface area contributed by atoms with Gasteiger partial charge in [0.1, 0.15) is 5.75 Å². The van der Waals surface area contributed by atoms with E-state index in [-0.39, 0.29) is 11.5 Å². The van der Waals surface area contributed by atoms with Gasteiger partial charge in [-0.25, -0.2) is 8.42 Å². The minimum atomic E-state index is -3.85. The molecule has 1 aromatic carbocycles. The van der Waals surface area contributed by atoms with Gasteiger partial charge in [-0.1, -0.05) is 11.6 Å². The second-order valence-electron chi connectivity index (χ2n) is 5.33. The number of carboxylic acids is 1. The number of carbonyl (C=O) groups excluding carboxylic acids is 1. The summed E-state index contributed by atoms with van der Waals surface area (Å²) in [5.74, 6) is -2.74. The van der Waals surface area contributed by atoms with Crippen LogP contribution in [0.2, 0.25) is 5.02 Å². The van der Waals surface area contributed by atoms with Gasteiger partial charge in [-0.05, 0) is 31.2 Å². The summed E-state index contributed by atoms with van der Waals surface area (Å²) in [7, 11) is -2.49. The molecule has 2 N–H and O–H groups in total. The van der Waals surface area contributed by atoms with Crippen molar-refractivity contribution >= 4 is 33.3 Å². The number of hydrogen-bond acceptors (Lipinski definition) is 5. The van der Waals surface area contributed by atoms with Gasteiger partial charge in [0.15, 0.2) is 9.84 Å². The number of aliphatic carboxylic acids is 1. The molecule has 1 unspecified atom stereocenters. The van der Waals surface area contributed by atoms with Crippen LogP contribution in [0.25, 0.3) is 0 Å². The zero-order valence-electron chi connectivity index (χ0n) is 12.7. The fraction of sp³-hybridized carbons (Fsp3) is 0.429. The normalized spacial score (nSPS) is 14.0. The van der Waals surface area contributed by atoms with Crippen molar-refractivity contribution in [3.8, 4) is 0 Å². The van der Waals surface area contributed by atoms with Gasteiger partial charge in [0.25, 0.3) is 0 Å². The van der Waals surface area contributed by atoms with Crippen LogP contribution in [0.5, 0.6) is 0 Å². The molecule has 7 nitrogen and oxygen atoms in total. The van der Waals surface area contributed by atoms with Gasteiger partial charge < -0.3 is 15.2 Å². The number of nitrogens with one attached hydrogen (secondary N) is 1. The first-order valence-corrected chi connectivity index (χ1v) is 8.61. The summed E-state index contributed by atoms with van der Waals surface area (Å²) in [5.41, 5.74) is -1.20. The summed E-state index contributed by atoms with van der Waals surface area (Å²) in [6.07, 6.45) is -0.395. The minimum Gasteiger partial charge on any atom is -0.481 e. The van der Waals surface area contributed by atoms with E-state index in [1.807, 2.05) is 0 Å². The largest absolute Gasteiger partial charge is 0.481 e. The van der Waals surface area contributed by atoms with Crippen molar-refractivity contribution in [1.29, 1.82) is 0 Å². The molecule has 0 aliphatic rings. The van der Waals surface area contributed by atoms with Gasteiger partial charge in [0, 0.05) is 12.1 Å². The Balaban J connectivity index is 2.84. The molecule has 0 radical (unpaired) electrons. The summed E-state index contributed by atoms with van der Waals surface area (Å²) in [4.78, 5) is 22.8. The number of benzene rings is 1. The van der Waals surface area contributed by atoms with E-state index in [9.17, 15) is 18.0 Å². The van der Waals surface area contributed by atoms with Crippen molar-refractivity contribution in [3.05, 3.63) is 29.3 Å². The zero-order valence-corrected chi connectivity index (χ0v) is 14.3. The van der Waals surface area contributed by atoms with Crippen LogP contribution in [0.4, 0.5) is 0 Å². The highest BCUT2D eigenvalue weighted by molar-refractivity contribution is 7.92. The van der Waals surface area contributed by atoms with Crippen LogP contribution in [0.1, 0.15) is 13.3 Å². The molecule has 0 spiro atoms. The number of carboxylic acid groups (broad SMARTS) is 1. The Kier molecular flexibility index (Phi) is 6.55. The predicted molar refractivity (Wildman–Crippen MR) is 84.2 cm³/mol. The lowest BCUT2D eigenvalue weighted by Crippen LogP contribution is -2.52. The lowest BCUT2D eigenvalue weighted by atomic mass is 9.99. The second-order valence-corrected chi connectivity index (χ2v) is 7.75. The van der Waals surface area contributed by atoms with Crippen molar-refractivity contribution in [2.75, 3.05) is 19.5 Å². The molecule has 0 aliphatic carbocycles. The van der Waals surface area contributed by atoms with Crippen molar-refractivity contribution in [2.45, 2.75) is 23.8 Å². The number of halogens is 1. The topological polar surface area (TPSA) is 110 Å². The third kappa shape index (κ3) is 6.17. The van der Waals surface area contributed by atoms with Gasteiger partial charge in [-0.15, -0.1) is 0 Å². The van der Waals surface area contributed by atoms with Gasteiger partial charge in [0.2, 0.25) is 5.91 Å². The lowest BCUT2D eigenvalue weighted by molar-refractivity contribution is -0.139. The average Bonchev–Trinajstić information content (AvgIpc) is 2.36. The van der Waals surface area contributed by atoms with E-state index in [1.165, 1.54) is 38.3 Å². The van der Waals surface area contributed by atoms with Crippen molar-refractivity contribution in [2.24, 2.45) is 0 Å². The number of hydrogen-bond donors (Lipinski definition) is 2. The molecule has 1 amide bonds. The standard InChI is InChI=1S/C14H18ClNO6S/c1-14(9-22-2,7-13(18)19)16-12(17)8-23(20,21)11-5-3-10(15)4-6-11/h3-6H,7-9H2,1-2H3,(H,16,17)(H,18,19). The zero-order chi connectivity index (χ0) is 17.7. The molecule has 0 aromatic heterocycles. The predicted octanol–water partition coefficient (Wildman–Crippen LogP) is 1.11. The van der Waals surface area contributed by atoms with Gasteiger partial charge in [-0.3, -0.25) is 9.59 Å². The molecule has 0 heterocycles. The maximum absolute atomic E-state index is 12.2. The Morgan fingerprint density at radius 3 is 2.35 bits per heavy atom. The fourth-order valence-electron chi connectivity index (χ4n) is 2.05. The maximum atomic E-state index is 12.2. The van der Waals surface area contributed by atoms with Crippen LogP contribution in [0, 0.1) is 0 Å². The molecule has 1 rings (SSSR count). The van der Waals surface area contributed by atoms with Gasteiger partial charge in [-0.2, -0.15) is 0 Å². The molecular weight excluding hydrogens is 346 g/mol. The average molecular weight is 364 g/mol. The van der Waals surface area contributed by atoms with Crippen LogP contribution < -0.4 is 5.32 Å². The fourth-order valence-corrected chi connectivity index (χ4v) is 3.31. The second kappa shape index (κ2) is 7.76. The summed E-state index contributed by atoms with van der Waals surface area (Å²) >= 11 is 5.69. The Bertz CT molecular complexity index is 673. The Morgan fingerprint density at radius 2 is 1.87 bits per heavy atom. The number of rotatable bonds is 8. The van der Waals surface area contributed by atoms with Crippen LogP contribution in [0.15, 0.2) is 29.2 Å².